The predicted molar refractivity (Wildman–Crippen MR) is 106 cm³/mol. The first-order valence-corrected chi connectivity index (χ1v) is 11.3. The quantitative estimate of drug-likeness (QED) is 0.768. The van der Waals surface area contributed by atoms with Crippen LogP contribution in [0.1, 0.15) is 57.4 Å². The molecule has 0 atom stereocenters. The minimum atomic E-state index is -3.73. The summed E-state index contributed by atoms with van der Waals surface area (Å²) in [5.41, 5.74) is 0.744. The van der Waals surface area contributed by atoms with Gasteiger partial charge in [-0.2, -0.15) is 4.31 Å². The zero-order valence-electron chi connectivity index (χ0n) is 16.7. The molecule has 1 aliphatic rings. The van der Waals surface area contributed by atoms with E-state index in [2.05, 4.69) is 5.32 Å². The molecule has 0 heterocycles. The Balaban J connectivity index is 2.05. The van der Waals surface area contributed by atoms with Crippen molar-refractivity contribution >= 4 is 15.9 Å². The topological polar surface area (TPSA) is 75.7 Å². The molecule has 152 valence electrons. The Morgan fingerprint density at radius 3 is 2.37 bits per heavy atom. The zero-order valence-corrected chi connectivity index (χ0v) is 17.5. The van der Waals surface area contributed by atoms with Crippen molar-refractivity contribution in [2.45, 2.75) is 69.7 Å². The number of nitrogens with one attached hydrogen (secondary N) is 1. The van der Waals surface area contributed by atoms with Gasteiger partial charge in [-0.1, -0.05) is 39.0 Å². The van der Waals surface area contributed by atoms with Gasteiger partial charge in [-0.15, -0.1) is 0 Å². The Hall–Kier alpha value is -1.60. The van der Waals surface area contributed by atoms with Gasteiger partial charge < -0.3 is 10.1 Å². The van der Waals surface area contributed by atoms with Crippen molar-refractivity contribution in [3.63, 3.8) is 0 Å². The summed E-state index contributed by atoms with van der Waals surface area (Å²) in [5.74, 6) is 0.412. The number of rotatable bonds is 7. The van der Waals surface area contributed by atoms with Gasteiger partial charge in [0.2, 0.25) is 15.9 Å². The Morgan fingerprint density at radius 1 is 1.19 bits per heavy atom. The Morgan fingerprint density at radius 2 is 1.81 bits per heavy atom. The summed E-state index contributed by atoms with van der Waals surface area (Å²) >= 11 is 0. The first-order chi connectivity index (χ1) is 12.9. The highest BCUT2D eigenvalue weighted by molar-refractivity contribution is 7.89. The first-order valence-electron chi connectivity index (χ1n) is 9.82. The number of nitrogens with zero attached hydrogens (tertiary/aromatic N) is 1. The first kappa shape index (κ1) is 21.7. The van der Waals surface area contributed by atoms with E-state index in [1.54, 1.807) is 33.1 Å². The van der Waals surface area contributed by atoms with Crippen molar-refractivity contribution in [2.24, 2.45) is 0 Å². The minimum Gasteiger partial charge on any atom is -0.496 e. The second-order valence-corrected chi connectivity index (χ2v) is 9.11. The van der Waals surface area contributed by atoms with Gasteiger partial charge in [0.05, 0.1) is 18.6 Å². The highest BCUT2D eigenvalue weighted by Gasteiger charge is 2.26. The van der Waals surface area contributed by atoms with Crippen molar-refractivity contribution in [3.05, 3.63) is 23.8 Å². The molecule has 1 aromatic rings. The van der Waals surface area contributed by atoms with E-state index in [-0.39, 0.29) is 29.9 Å². The monoisotopic (exact) mass is 396 g/mol. The van der Waals surface area contributed by atoms with Crippen molar-refractivity contribution in [3.8, 4) is 5.75 Å². The summed E-state index contributed by atoms with van der Waals surface area (Å²) in [5, 5.41) is 3.04. The summed E-state index contributed by atoms with van der Waals surface area (Å²) < 4.78 is 32.3. The number of likely N-dealkylation sites (N-methyl/N-ethyl adjacent to an activating group) is 1. The van der Waals surface area contributed by atoms with E-state index in [1.807, 2.05) is 0 Å². The van der Waals surface area contributed by atoms with Crippen molar-refractivity contribution in [1.82, 2.24) is 9.62 Å². The van der Waals surface area contributed by atoms with Gasteiger partial charge in [-0.05, 0) is 43.5 Å². The summed E-state index contributed by atoms with van der Waals surface area (Å²) in [4.78, 5) is 12.7. The molecular weight excluding hydrogens is 364 g/mol. The van der Waals surface area contributed by atoms with Gasteiger partial charge in [0.1, 0.15) is 5.75 Å². The van der Waals surface area contributed by atoms with Crippen LogP contribution in [0.15, 0.2) is 23.1 Å². The molecule has 1 aliphatic carbocycles. The molecule has 7 heteroatoms. The van der Waals surface area contributed by atoms with Crippen molar-refractivity contribution < 1.29 is 17.9 Å². The van der Waals surface area contributed by atoms with Crippen LogP contribution in [0.2, 0.25) is 0 Å². The fourth-order valence-electron chi connectivity index (χ4n) is 3.56. The van der Waals surface area contributed by atoms with E-state index >= 15 is 0 Å². The van der Waals surface area contributed by atoms with E-state index in [4.69, 9.17) is 4.74 Å². The molecule has 0 radical (unpaired) electrons. The molecule has 1 fully saturated rings. The van der Waals surface area contributed by atoms with Crippen LogP contribution < -0.4 is 10.1 Å². The van der Waals surface area contributed by atoms with Crippen LogP contribution in [0.25, 0.3) is 0 Å². The number of ether oxygens (including phenoxy) is 1. The number of benzene rings is 1. The maximum atomic E-state index is 12.9. The number of carbonyl (C=O) groups is 1. The van der Waals surface area contributed by atoms with Crippen LogP contribution in [0.3, 0.4) is 0 Å². The molecule has 27 heavy (non-hydrogen) atoms. The molecule has 6 nitrogen and oxygen atoms in total. The van der Waals surface area contributed by atoms with Gasteiger partial charge in [0.25, 0.3) is 0 Å². The molecule has 0 aromatic heterocycles. The van der Waals surface area contributed by atoms with Crippen LogP contribution in [-0.4, -0.2) is 44.9 Å². The largest absolute Gasteiger partial charge is 0.496 e. The second kappa shape index (κ2) is 10.1. The van der Waals surface area contributed by atoms with E-state index in [0.29, 0.717) is 5.75 Å². The summed E-state index contributed by atoms with van der Waals surface area (Å²) in [6.45, 7) is 3.64. The third-order valence-corrected chi connectivity index (χ3v) is 7.06. The van der Waals surface area contributed by atoms with Gasteiger partial charge in [-0.3, -0.25) is 4.79 Å². The van der Waals surface area contributed by atoms with Gasteiger partial charge in [0.15, 0.2) is 0 Å². The van der Waals surface area contributed by atoms with Gasteiger partial charge in [-0.25, -0.2) is 8.42 Å². The number of sulfonamides is 1. The third-order valence-electron chi connectivity index (χ3n) is 5.15. The van der Waals surface area contributed by atoms with Crippen molar-refractivity contribution in [1.29, 1.82) is 0 Å². The molecule has 0 bridgehead atoms. The molecule has 1 N–H and O–H groups in total. The molecule has 1 saturated carbocycles. The normalized spacial score (nSPS) is 16.6. The van der Waals surface area contributed by atoms with Crippen LogP contribution in [0.4, 0.5) is 0 Å². The van der Waals surface area contributed by atoms with E-state index in [0.717, 1.165) is 31.2 Å². The van der Waals surface area contributed by atoms with E-state index in [1.165, 1.54) is 29.6 Å². The smallest absolute Gasteiger partial charge is 0.243 e. The Labute approximate surface area is 163 Å². The average Bonchev–Trinajstić information content (AvgIpc) is 2.61. The average molecular weight is 397 g/mol. The highest BCUT2D eigenvalue weighted by Crippen LogP contribution is 2.24. The second-order valence-electron chi connectivity index (χ2n) is 7.17. The van der Waals surface area contributed by atoms with Crippen molar-refractivity contribution in [2.75, 3.05) is 20.2 Å². The minimum absolute atomic E-state index is 0.152. The fraction of sp³-hybridized carbons (Fsp3) is 0.650. The van der Waals surface area contributed by atoms with Gasteiger partial charge in [0, 0.05) is 12.6 Å². The predicted octanol–water partition coefficient (Wildman–Crippen LogP) is 3.24. The molecule has 0 spiro atoms. The maximum absolute atomic E-state index is 12.9. The van der Waals surface area contributed by atoms with E-state index < -0.39 is 10.0 Å². The molecule has 0 unspecified atom stereocenters. The highest BCUT2D eigenvalue weighted by atomic mass is 32.2. The summed E-state index contributed by atoms with van der Waals surface area (Å²) in [7, 11) is -2.18. The van der Waals surface area contributed by atoms with Crippen LogP contribution >= 0.6 is 0 Å². The molecule has 1 aromatic carbocycles. The zero-order chi connectivity index (χ0) is 19.9. The molecule has 1 amide bonds. The van der Waals surface area contributed by atoms with Crippen LogP contribution in [0, 0.1) is 6.92 Å². The third kappa shape index (κ3) is 5.94. The Kier molecular flexibility index (Phi) is 8.10. The number of methoxy groups -OCH3 is 1. The van der Waals surface area contributed by atoms with E-state index in [9.17, 15) is 13.2 Å². The molecule has 0 aliphatic heterocycles. The maximum Gasteiger partial charge on any atom is 0.243 e. The standard InChI is InChI=1S/C20H32N2O4S/c1-4-22(15-20(23)21-17-10-8-6-5-7-9-11-17)27(24,25)18-12-13-19(26-3)16(2)14-18/h12-14,17H,4-11,15H2,1-3H3,(H,21,23). The lowest BCUT2D eigenvalue weighted by atomic mass is 9.97. The van der Waals surface area contributed by atoms with Crippen LogP contribution in [-0.2, 0) is 14.8 Å². The lowest BCUT2D eigenvalue weighted by molar-refractivity contribution is -0.122. The molecule has 2 rings (SSSR count). The lowest BCUT2D eigenvalue weighted by Gasteiger charge is -2.24. The number of hydrogen-bond donors (Lipinski definition) is 1. The fourth-order valence-corrected chi connectivity index (χ4v) is 5.05. The van der Waals surface area contributed by atoms with Crippen LogP contribution in [0.5, 0.6) is 5.75 Å². The molecule has 0 saturated heterocycles. The van der Waals surface area contributed by atoms with Gasteiger partial charge >= 0.3 is 0 Å². The summed E-state index contributed by atoms with van der Waals surface area (Å²) in [6.07, 6.45) is 7.86. The summed E-state index contributed by atoms with van der Waals surface area (Å²) in [6, 6.07) is 4.91. The SMILES string of the molecule is CCN(CC(=O)NC1CCCCCCC1)S(=O)(=O)c1ccc(OC)c(C)c1. The Bertz CT molecular complexity index is 725. The number of amides is 1. The number of aryl methyl sites for hydroxylation is 1. The number of carbonyl (C=O) groups excluding carboxylic acids is 1. The lowest BCUT2D eigenvalue weighted by Crippen LogP contribution is -2.44. The number of hydrogen-bond acceptors (Lipinski definition) is 4. The molecular formula is C20H32N2O4S.